The normalized spacial score (nSPS) is 13.1. The van der Waals surface area contributed by atoms with Gasteiger partial charge in [-0.15, -0.1) is 0 Å². The molecule has 0 spiro atoms. The van der Waals surface area contributed by atoms with Crippen LogP contribution in [0.15, 0.2) is 176 Å². The largest absolute Gasteiger partial charge is 0.355 e. The molecule has 0 amide bonds. The lowest BCUT2D eigenvalue weighted by Gasteiger charge is -2.34. The van der Waals surface area contributed by atoms with Gasteiger partial charge in [-0.05, 0) is 75.8 Å². The highest BCUT2D eigenvalue weighted by Crippen LogP contribution is 2.56. The van der Waals surface area contributed by atoms with Gasteiger partial charge in [-0.3, -0.25) is 0 Å². The summed E-state index contributed by atoms with van der Waals surface area (Å²) in [5.41, 5.74) is 13.0. The van der Waals surface area contributed by atoms with E-state index in [4.69, 9.17) is 0 Å². The van der Waals surface area contributed by atoms with Crippen molar-refractivity contribution in [3.8, 4) is 16.8 Å². The Bertz CT molecular complexity index is 2290. The van der Waals surface area contributed by atoms with Gasteiger partial charge in [0.1, 0.15) is 0 Å². The number of para-hydroxylation sites is 2. The van der Waals surface area contributed by atoms with E-state index in [0.717, 1.165) is 17.1 Å². The molecule has 45 heavy (non-hydrogen) atoms. The Kier molecular flexibility index (Phi) is 5.76. The lowest BCUT2D eigenvalue weighted by molar-refractivity contribution is 0.769. The second kappa shape index (κ2) is 10.1. The van der Waals surface area contributed by atoms with Crippen molar-refractivity contribution in [3.05, 3.63) is 198 Å². The second-order valence-electron chi connectivity index (χ2n) is 11.8. The summed E-state index contributed by atoms with van der Waals surface area (Å²) in [7, 11) is 0. The van der Waals surface area contributed by atoms with E-state index in [1.54, 1.807) is 0 Å². The Labute approximate surface area is 262 Å². The van der Waals surface area contributed by atoms with Crippen molar-refractivity contribution in [3.63, 3.8) is 0 Å². The molecule has 0 bridgehead atoms. The van der Waals surface area contributed by atoms with Crippen LogP contribution >= 0.6 is 0 Å². The third-order valence-electron chi connectivity index (χ3n) is 9.45. The number of rotatable bonds is 5. The predicted octanol–water partition coefficient (Wildman–Crippen LogP) is 10.9. The highest BCUT2D eigenvalue weighted by molar-refractivity contribution is 6.15. The number of nitrogens with one attached hydrogen (secondary N) is 1. The highest BCUT2D eigenvalue weighted by Gasteiger charge is 2.46. The maximum atomic E-state index is 3.89. The first-order chi connectivity index (χ1) is 22.3. The molecule has 0 saturated carbocycles. The van der Waals surface area contributed by atoms with E-state index in [9.17, 15) is 0 Å². The van der Waals surface area contributed by atoms with Crippen molar-refractivity contribution in [2.75, 3.05) is 5.32 Å². The highest BCUT2D eigenvalue weighted by atomic mass is 15.0. The Morgan fingerprint density at radius 1 is 0.444 bits per heavy atom. The molecule has 2 nitrogen and oxygen atoms in total. The number of anilines is 2. The van der Waals surface area contributed by atoms with Crippen LogP contribution in [0.3, 0.4) is 0 Å². The van der Waals surface area contributed by atoms with Crippen LogP contribution in [0.5, 0.6) is 0 Å². The molecule has 1 aliphatic carbocycles. The summed E-state index contributed by atoms with van der Waals surface area (Å²) in [5, 5.41) is 6.34. The monoisotopic (exact) mass is 574 g/mol. The number of benzene rings is 7. The van der Waals surface area contributed by atoms with Crippen LogP contribution in [0.4, 0.5) is 11.4 Å². The van der Waals surface area contributed by atoms with Gasteiger partial charge in [0.2, 0.25) is 0 Å². The van der Waals surface area contributed by atoms with E-state index in [0.29, 0.717) is 0 Å². The van der Waals surface area contributed by atoms with Crippen molar-refractivity contribution in [2.45, 2.75) is 5.41 Å². The predicted molar refractivity (Wildman–Crippen MR) is 188 cm³/mol. The Morgan fingerprint density at radius 3 is 1.80 bits per heavy atom. The van der Waals surface area contributed by atoms with E-state index in [-0.39, 0.29) is 0 Å². The van der Waals surface area contributed by atoms with Gasteiger partial charge in [0, 0.05) is 27.8 Å². The van der Waals surface area contributed by atoms with Gasteiger partial charge in [-0.25, -0.2) is 0 Å². The van der Waals surface area contributed by atoms with Crippen molar-refractivity contribution in [1.82, 2.24) is 4.57 Å². The van der Waals surface area contributed by atoms with Gasteiger partial charge in [-0.1, -0.05) is 133 Å². The first-order valence-corrected chi connectivity index (χ1v) is 15.5. The molecule has 1 aliphatic rings. The first kappa shape index (κ1) is 25.6. The molecular formula is C43H30N2. The summed E-state index contributed by atoms with van der Waals surface area (Å²) >= 11 is 0. The molecule has 0 atom stereocenters. The minimum Gasteiger partial charge on any atom is -0.355 e. The van der Waals surface area contributed by atoms with Crippen molar-refractivity contribution >= 4 is 33.2 Å². The third kappa shape index (κ3) is 3.76. The zero-order valence-corrected chi connectivity index (χ0v) is 24.7. The lowest BCUT2D eigenvalue weighted by atomic mass is 9.67. The minimum atomic E-state index is -0.429. The van der Waals surface area contributed by atoms with E-state index < -0.39 is 5.41 Å². The molecule has 2 heteroatoms. The molecule has 7 aromatic carbocycles. The van der Waals surface area contributed by atoms with Crippen LogP contribution in [0.25, 0.3) is 38.6 Å². The standard InChI is InChI=1S/C43H30N2/c1-4-15-30(16-5-1)43(31-17-6-2-7-18-31)37-23-12-10-21-34(37)35-28-27-32(29-38(35)43)44-39-24-14-26-41-42(39)36-22-11-13-25-40(36)45(41)33-19-8-3-9-20-33/h1-29,44H. The molecule has 0 unspecified atom stereocenters. The zero-order chi connectivity index (χ0) is 29.8. The summed E-state index contributed by atoms with van der Waals surface area (Å²) in [6.45, 7) is 0. The summed E-state index contributed by atoms with van der Waals surface area (Å²) in [6, 6.07) is 63.7. The molecule has 0 radical (unpaired) electrons. The molecule has 1 heterocycles. The maximum absolute atomic E-state index is 3.89. The summed E-state index contributed by atoms with van der Waals surface area (Å²) < 4.78 is 2.37. The van der Waals surface area contributed by atoms with Crippen LogP contribution in [0, 0.1) is 0 Å². The molecule has 0 fully saturated rings. The number of hydrogen-bond acceptors (Lipinski definition) is 1. The van der Waals surface area contributed by atoms with Gasteiger partial charge in [-0.2, -0.15) is 0 Å². The fourth-order valence-corrected chi connectivity index (χ4v) is 7.66. The molecule has 1 aromatic heterocycles. The molecule has 8 aromatic rings. The van der Waals surface area contributed by atoms with E-state index in [2.05, 4.69) is 186 Å². The van der Waals surface area contributed by atoms with E-state index >= 15 is 0 Å². The molecule has 0 aliphatic heterocycles. The average Bonchev–Trinajstić information content (AvgIpc) is 3.61. The van der Waals surface area contributed by atoms with E-state index in [1.807, 2.05) is 0 Å². The third-order valence-corrected chi connectivity index (χ3v) is 9.45. The maximum Gasteiger partial charge on any atom is 0.0714 e. The molecule has 9 rings (SSSR count). The lowest BCUT2D eigenvalue weighted by Crippen LogP contribution is -2.28. The van der Waals surface area contributed by atoms with Gasteiger partial charge < -0.3 is 9.88 Å². The number of nitrogens with zero attached hydrogens (tertiary/aromatic N) is 1. The SMILES string of the molecule is c1ccc(-n2c3ccccc3c3c(Nc4ccc5c(c4)C(c4ccccc4)(c4ccccc4)c4ccccc4-5)cccc32)cc1. The minimum absolute atomic E-state index is 0.429. The fraction of sp³-hybridized carbons (Fsp3) is 0.0233. The van der Waals surface area contributed by atoms with Crippen molar-refractivity contribution in [2.24, 2.45) is 0 Å². The molecule has 212 valence electrons. The van der Waals surface area contributed by atoms with Gasteiger partial charge >= 0.3 is 0 Å². The van der Waals surface area contributed by atoms with Gasteiger partial charge in [0.25, 0.3) is 0 Å². The molecule has 1 N–H and O–H groups in total. The van der Waals surface area contributed by atoms with Crippen LogP contribution in [-0.4, -0.2) is 4.57 Å². The molecular weight excluding hydrogens is 544 g/mol. The first-order valence-electron chi connectivity index (χ1n) is 15.5. The van der Waals surface area contributed by atoms with Gasteiger partial charge in [0.05, 0.1) is 16.4 Å². The van der Waals surface area contributed by atoms with Crippen LogP contribution in [0.1, 0.15) is 22.3 Å². The topological polar surface area (TPSA) is 17.0 Å². The summed E-state index contributed by atoms with van der Waals surface area (Å²) in [6.07, 6.45) is 0. The number of hydrogen-bond donors (Lipinski definition) is 1. The molecule has 0 saturated heterocycles. The van der Waals surface area contributed by atoms with E-state index in [1.165, 1.54) is 55.2 Å². The second-order valence-corrected chi connectivity index (χ2v) is 11.8. The van der Waals surface area contributed by atoms with Crippen molar-refractivity contribution < 1.29 is 0 Å². The quantitative estimate of drug-likeness (QED) is 0.216. The van der Waals surface area contributed by atoms with Gasteiger partial charge in [0.15, 0.2) is 0 Å². The Balaban J connectivity index is 1.27. The van der Waals surface area contributed by atoms with Crippen LogP contribution in [0.2, 0.25) is 0 Å². The summed E-state index contributed by atoms with van der Waals surface area (Å²) in [4.78, 5) is 0. The number of fused-ring (bicyclic) bond motifs is 6. The fourth-order valence-electron chi connectivity index (χ4n) is 7.66. The Hall–Kier alpha value is -5.86. The van der Waals surface area contributed by atoms with Crippen LogP contribution in [-0.2, 0) is 5.41 Å². The Morgan fingerprint density at radius 2 is 1.04 bits per heavy atom. The number of aromatic nitrogens is 1. The zero-order valence-electron chi connectivity index (χ0n) is 24.7. The average molecular weight is 575 g/mol. The summed E-state index contributed by atoms with van der Waals surface area (Å²) in [5.74, 6) is 0. The van der Waals surface area contributed by atoms with Crippen LogP contribution < -0.4 is 5.32 Å². The smallest absolute Gasteiger partial charge is 0.0714 e. The van der Waals surface area contributed by atoms with Crippen molar-refractivity contribution in [1.29, 1.82) is 0 Å².